The first-order chi connectivity index (χ1) is 15.5. The average Bonchev–Trinajstić information content (AvgIpc) is 3.27. The number of methoxy groups -OCH3 is 3. The highest BCUT2D eigenvalue weighted by atomic mass is 32.1. The molecule has 32 heavy (non-hydrogen) atoms. The smallest absolute Gasteiger partial charge is 0.275 e. The first kappa shape index (κ1) is 21.3. The standard InChI is InChI=1S/C22H20N4O5S/c1-29-16-9-14(10-17(30-2)19(16)31-3)20(28)23-12-15-11-18(27)26-22(24-15)32-21(25-26)13-7-5-4-6-8-13/h4-11H,12H2,1-3H3,(H,23,28). The fourth-order valence-electron chi connectivity index (χ4n) is 3.13. The predicted octanol–water partition coefficient (Wildman–Crippen LogP) is 2.77. The lowest BCUT2D eigenvalue weighted by Crippen LogP contribution is -2.25. The molecule has 9 nitrogen and oxygen atoms in total. The second kappa shape index (κ2) is 9.06. The van der Waals surface area contributed by atoms with E-state index in [1.807, 2.05) is 30.3 Å². The molecule has 2 heterocycles. The van der Waals surface area contributed by atoms with Crippen molar-refractivity contribution < 1.29 is 19.0 Å². The minimum absolute atomic E-state index is 0.0692. The highest BCUT2D eigenvalue weighted by Crippen LogP contribution is 2.38. The summed E-state index contributed by atoms with van der Waals surface area (Å²) in [5.74, 6) is 0.757. The molecular weight excluding hydrogens is 432 g/mol. The minimum atomic E-state index is -0.375. The molecule has 0 aliphatic rings. The van der Waals surface area contributed by atoms with E-state index in [-0.39, 0.29) is 18.0 Å². The van der Waals surface area contributed by atoms with Crippen molar-refractivity contribution >= 4 is 22.2 Å². The van der Waals surface area contributed by atoms with Gasteiger partial charge in [-0.25, -0.2) is 4.98 Å². The fourth-order valence-corrected chi connectivity index (χ4v) is 4.06. The predicted molar refractivity (Wildman–Crippen MR) is 120 cm³/mol. The largest absolute Gasteiger partial charge is 0.493 e. The molecule has 0 saturated carbocycles. The van der Waals surface area contributed by atoms with E-state index in [4.69, 9.17) is 14.2 Å². The molecule has 0 fully saturated rings. The van der Waals surface area contributed by atoms with Crippen molar-refractivity contribution in [1.82, 2.24) is 19.9 Å². The van der Waals surface area contributed by atoms with E-state index in [0.717, 1.165) is 5.56 Å². The average molecular weight is 452 g/mol. The number of amides is 1. The molecule has 2 aromatic carbocycles. The Morgan fingerprint density at radius 1 is 1.03 bits per heavy atom. The van der Waals surface area contributed by atoms with Crippen molar-refractivity contribution in [2.75, 3.05) is 21.3 Å². The Bertz CT molecular complexity index is 1310. The van der Waals surface area contributed by atoms with Crippen LogP contribution in [0.5, 0.6) is 17.2 Å². The van der Waals surface area contributed by atoms with Gasteiger partial charge in [0, 0.05) is 17.2 Å². The second-order valence-corrected chi connectivity index (χ2v) is 7.61. The zero-order valence-electron chi connectivity index (χ0n) is 17.6. The van der Waals surface area contributed by atoms with E-state index >= 15 is 0 Å². The summed E-state index contributed by atoms with van der Waals surface area (Å²) in [5, 5.41) is 7.81. The third-order valence-corrected chi connectivity index (χ3v) is 5.63. The van der Waals surface area contributed by atoms with Gasteiger partial charge in [-0.3, -0.25) is 9.59 Å². The van der Waals surface area contributed by atoms with Gasteiger partial charge in [-0.05, 0) is 12.1 Å². The first-order valence-electron chi connectivity index (χ1n) is 9.57. The van der Waals surface area contributed by atoms with Gasteiger partial charge in [-0.2, -0.15) is 9.61 Å². The maximum absolute atomic E-state index is 12.7. The van der Waals surface area contributed by atoms with Crippen molar-refractivity contribution in [3.05, 3.63) is 70.1 Å². The Kier molecular flexibility index (Phi) is 6.04. The number of hydrogen-bond acceptors (Lipinski definition) is 8. The topological polar surface area (TPSA) is 104 Å². The number of fused-ring (bicyclic) bond motifs is 1. The van der Waals surface area contributed by atoms with Crippen LogP contribution < -0.4 is 25.1 Å². The number of rotatable bonds is 7. The molecule has 0 radical (unpaired) electrons. The maximum Gasteiger partial charge on any atom is 0.275 e. The number of nitrogens with one attached hydrogen (secondary N) is 1. The Labute approximate surface area is 187 Å². The molecule has 0 bridgehead atoms. The minimum Gasteiger partial charge on any atom is -0.493 e. The Hall–Kier alpha value is -3.92. The van der Waals surface area contributed by atoms with Gasteiger partial charge in [-0.1, -0.05) is 41.7 Å². The molecule has 1 amide bonds. The highest BCUT2D eigenvalue weighted by molar-refractivity contribution is 7.19. The van der Waals surface area contributed by atoms with E-state index in [1.54, 1.807) is 12.1 Å². The SMILES string of the molecule is COc1cc(C(=O)NCc2cc(=O)n3nc(-c4ccccc4)sc3n2)cc(OC)c1OC. The number of carbonyl (C=O) groups is 1. The van der Waals surface area contributed by atoms with Crippen LogP contribution in [0.2, 0.25) is 0 Å². The molecule has 0 aliphatic heterocycles. The van der Waals surface area contributed by atoms with Crippen molar-refractivity contribution in [3.63, 3.8) is 0 Å². The van der Waals surface area contributed by atoms with Crippen LogP contribution >= 0.6 is 11.3 Å². The molecule has 10 heteroatoms. The van der Waals surface area contributed by atoms with Crippen LogP contribution in [0.1, 0.15) is 16.1 Å². The summed E-state index contributed by atoms with van der Waals surface area (Å²) in [6.45, 7) is 0.0692. The zero-order chi connectivity index (χ0) is 22.7. The fraction of sp³-hybridized carbons (Fsp3) is 0.182. The van der Waals surface area contributed by atoms with Crippen molar-refractivity contribution in [2.24, 2.45) is 0 Å². The van der Waals surface area contributed by atoms with Gasteiger partial charge in [-0.15, -0.1) is 0 Å². The molecule has 1 N–H and O–H groups in total. The van der Waals surface area contributed by atoms with Crippen LogP contribution in [0.25, 0.3) is 15.5 Å². The van der Waals surface area contributed by atoms with Gasteiger partial charge in [0.15, 0.2) is 11.5 Å². The Morgan fingerprint density at radius 3 is 2.34 bits per heavy atom. The number of aromatic nitrogens is 3. The molecule has 0 aliphatic carbocycles. The van der Waals surface area contributed by atoms with Crippen LogP contribution in [0, 0.1) is 0 Å². The van der Waals surface area contributed by atoms with Crippen LogP contribution in [-0.4, -0.2) is 41.8 Å². The molecule has 2 aromatic heterocycles. The van der Waals surface area contributed by atoms with Crippen molar-refractivity contribution in [1.29, 1.82) is 0 Å². The van der Waals surface area contributed by atoms with Gasteiger partial charge in [0.05, 0.1) is 33.6 Å². The van der Waals surface area contributed by atoms with Crippen LogP contribution in [0.15, 0.2) is 53.3 Å². The maximum atomic E-state index is 12.7. The van der Waals surface area contributed by atoms with Crippen molar-refractivity contribution in [3.8, 4) is 27.8 Å². The first-order valence-corrected chi connectivity index (χ1v) is 10.4. The number of nitrogens with zero attached hydrogens (tertiary/aromatic N) is 3. The van der Waals surface area contributed by atoms with Gasteiger partial charge < -0.3 is 19.5 Å². The summed E-state index contributed by atoms with van der Waals surface area (Å²) in [5.41, 5.74) is 1.34. The van der Waals surface area contributed by atoms with E-state index in [2.05, 4.69) is 15.4 Å². The molecular formula is C22H20N4O5S. The molecule has 4 rings (SSSR count). The summed E-state index contributed by atoms with van der Waals surface area (Å²) in [4.78, 5) is 30.1. The van der Waals surface area contributed by atoms with Crippen LogP contribution in [-0.2, 0) is 6.54 Å². The number of benzene rings is 2. The van der Waals surface area contributed by atoms with Gasteiger partial charge in [0.1, 0.15) is 5.01 Å². The monoisotopic (exact) mass is 452 g/mol. The zero-order valence-corrected chi connectivity index (χ0v) is 18.4. The summed E-state index contributed by atoms with van der Waals surface area (Å²) in [7, 11) is 4.44. The molecule has 0 unspecified atom stereocenters. The summed E-state index contributed by atoms with van der Waals surface area (Å²) in [6.07, 6.45) is 0. The quantitative estimate of drug-likeness (QED) is 0.460. The second-order valence-electron chi connectivity index (χ2n) is 6.65. The molecule has 4 aromatic rings. The lowest BCUT2D eigenvalue weighted by Gasteiger charge is -2.14. The highest BCUT2D eigenvalue weighted by Gasteiger charge is 2.17. The lowest BCUT2D eigenvalue weighted by atomic mass is 10.1. The lowest BCUT2D eigenvalue weighted by molar-refractivity contribution is 0.0949. The number of hydrogen-bond donors (Lipinski definition) is 1. The van der Waals surface area contributed by atoms with Crippen LogP contribution in [0.3, 0.4) is 0 Å². The molecule has 0 saturated heterocycles. The van der Waals surface area contributed by atoms with E-state index in [9.17, 15) is 9.59 Å². The number of ether oxygens (including phenoxy) is 3. The Balaban J connectivity index is 1.57. The van der Waals surface area contributed by atoms with E-state index < -0.39 is 0 Å². The van der Waals surface area contributed by atoms with E-state index in [0.29, 0.717) is 38.5 Å². The molecule has 164 valence electrons. The molecule has 0 atom stereocenters. The third-order valence-electron chi connectivity index (χ3n) is 4.68. The third kappa shape index (κ3) is 4.12. The van der Waals surface area contributed by atoms with Gasteiger partial charge in [0.25, 0.3) is 11.5 Å². The van der Waals surface area contributed by atoms with E-state index in [1.165, 1.54) is 43.2 Å². The normalized spacial score (nSPS) is 10.7. The summed E-state index contributed by atoms with van der Waals surface area (Å²) >= 11 is 1.30. The van der Waals surface area contributed by atoms with Gasteiger partial charge >= 0.3 is 0 Å². The van der Waals surface area contributed by atoms with Gasteiger partial charge in [0.2, 0.25) is 10.7 Å². The van der Waals surface area contributed by atoms with Crippen molar-refractivity contribution in [2.45, 2.75) is 6.54 Å². The Morgan fingerprint density at radius 2 is 1.72 bits per heavy atom. The summed E-state index contributed by atoms with van der Waals surface area (Å²) in [6, 6.07) is 14.0. The summed E-state index contributed by atoms with van der Waals surface area (Å²) < 4.78 is 17.1. The molecule has 0 spiro atoms. The van der Waals surface area contributed by atoms with Crippen LogP contribution in [0.4, 0.5) is 0 Å². The number of carbonyl (C=O) groups excluding carboxylic acids is 1.